The van der Waals surface area contributed by atoms with Crippen LogP contribution in [0.4, 0.5) is 5.69 Å². The molecule has 2 aromatic carbocycles. The number of nitro benzene ring substituents is 1. The molecule has 12 heteroatoms. The van der Waals surface area contributed by atoms with Crippen molar-refractivity contribution in [1.29, 1.82) is 0 Å². The summed E-state index contributed by atoms with van der Waals surface area (Å²) in [4.78, 5) is 10.3. The van der Waals surface area contributed by atoms with E-state index in [-0.39, 0.29) is 54.6 Å². The Hall–Kier alpha value is -2.38. The number of nitrogens with zero attached hydrogens (tertiary/aromatic N) is 3. The summed E-state index contributed by atoms with van der Waals surface area (Å²) in [6, 6.07) is 11.3. The molecule has 0 atom stereocenters. The average Bonchev–Trinajstić information content (AvgIpc) is 3.18. The Morgan fingerprint density at radius 2 is 1.41 bits per heavy atom. The van der Waals surface area contributed by atoms with E-state index in [0.717, 1.165) is 17.7 Å². The van der Waals surface area contributed by atoms with Crippen LogP contribution < -0.4 is 0 Å². The van der Waals surface area contributed by atoms with Gasteiger partial charge in [0.25, 0.3) is 5.69 Å². The van der Waals surface area contributed by atoms with Crippen LogP contribution in [0.2, 0.25) is 0 Å². The van der Waals surface area contributed by atoms with Gasteiger partial charge in [0.15, 0.2) is 0 Å². The molecular formula is C20H23N3O7S2. The zero-order valence-electron chi connectivity index (χ0n) is 17.4. The molecule has 2 aromatic rings. The number of benzene rings is 2. The van der Waals surface area contributed by atoms with Gasteiger partial charge in [-0.2, -0.15) is 8.61 Å². The third-order valence-electron chi connectivity index (χ3n) is 5.92. The highest BCUT2D eigenvalue weighted by Crippen LogP contribution is 2.39. The highest BCUT2D eigenvalue weighted by Gasteiger charge is 2.51. The third kappa shape index (κ3) is 3.92. The number of rotatable bonds is 5. The fourth-order valence-corrected chi connectivity index (χ4v) is 7.29. The third-order valence-corrected chi connectivity index (χ3v) is 9.79. The van der Waals surface area contributed by atoms with E-state index in [4.69, 9.17) is 4.74 Å². The molecule has 2 heterocycles. The second-order valence-corrected chi connectivity index (χ2v) is 11.6. The van der Waals surface area contributed by atoms with Crippen LogP contribution in [0.3, 0.4) is 0 Å². The monoisotopic (exact) mass is 481 g/mol. The molecule has 0 saturated carbocycles. The summed E-state index contributed by atoms with van der Waals surface area (Å²) in [6.45, 7) is 2.45. The molecule has 2 fully saturated rings. The Kier molecular flexibility index (Phi) is 5.84. The highest BCUT2D eigenvalue weighted by molar-refractivity contribution is 7.89. The van der Waals surface area contributed by atoms with Gasteiger partial charge in [0.2, 0.25) is 20.0 Å². The Morgan fingerprint density at radius 1 is 0.875 bits per heavy atom. The van der Waals surface area contributed by atoms with Gasteiger partial charge in [0.1, 0.15) is 5.72 Å². The first-order chi connectivity index (χ1) is 15.1. The minimum absolute atomic E-state index is 0.0458. The maximum atomic E-state index is 13.3. The maximum Gasteiger partial charge on any atom is 0.269 e. The second kappa shape index (κ2) is 8.19. The molecule has 0 unspecified atom stereocenters. The van der Waals surface area contributed by atoms with Crippen LogP contribution in [0, 0.1) is 17.0 Å². The Balaban J connectivity index is 1.54. The van der Waals surface area contributed by atoms with Crippen molar-refractivity contribution in [3.05, 3.63) is 64.2 Å². The standard InChI is InChI=1S/C20H23N3O7S2/c1-16-2-6-19(7-3-16)32(28,29)22-14-15-30-20(22)10-12-21(13-11-20)31(26,27)18-8-4-17(5-9-18)23(24)25/h2-9H,10-15H2,1H3. The Morgan fingerprint density at radius 3 is 1.97 bits per heavy atom. The number of ether oxygens (including phenoxy) is 1. The molecule has 0 N–H and O–H groups in total. The minimum atomic E-state index is -3.87. The summed E-state index contributed by atoms with van der Waals surface area (Å²) in [5.74, 6) is 0. The van der Waals surface area contributed by atoms with Crippen molar-refractivity contribution < 1.29 is 26.5 Å². The van der Waals surface area contributed by atoms with Gasteiger partial charge in [-0.25, -0.2) is 16.8 Å². The van der Waals surface area contributed by atoms with Gasteiger partial charge in [-0.3, -0.25) is 10.1 Å². The van der Waals surface area contributed by atoms with E-state index in [1.165, 1.54) is 20.7 Å². The number of hydrogen-bond acceptors (Lipinski definition) is 7. The summed E-state index contributed by atoms with van der Waals surface area (Å²) in [7, 11) is -7.68. The molecule has 2 aliphatic rings. The van der Waals surface area contributed by atoms with Crippen LogP contribution >= 0.6 is 0 Å². The molecule has 10 nitrogen and oxygen atoms in total. The molecule has 172 valence electrons. The quantitative estimate of drug-likeness (QED) is 0.473. The largest absolute Gasteiger partial charge is 0.358 e. The van der Waals surface area contributed by atoms with E-state index >= 15 is 0 Å². The summed E-state index contributed by atoms with van der Waals surface area (Å²) in [5, 5.41) is 10.8. The van der Waals surface area contributed by atoms with Gasteiger partial charge < -0.3 is 4.74 Å². The number of hydrogen-bond donors (Lipinski definition) is 0. The predicted octanol–water partition coefficient (Wildman–Crippen LogP) is 2.11. The van der Waals surface area contributed by atoms with Gasteiger partial charge in [-0.15, -0.1) is 0 Å². The van der Waals surface area contributed by atoms with Crippen molar-refractivity contribution in [2.24, 2.45) is 0 Å². The van der Waals surface area contributed by atoms with Gasteiger partial charge >= 0.3 is 0 Å². The van der Waals surface area contributed by atoms with Gasteiger partial charge in [0, 0.05) is 44.6 Å². The van der Waals surface area contributed by atoms with Crippen LogP contribution in [0.25, 0.3) is 0 Å². The van der Waals surface area contributed by atoms with E-state index in [2.05, 4.69) is 0 Å². The lowest BCUT2D eigenvalue weighted by molar-refractivity contribution is -0.384. The lowest BCUT2D eigenvalue weighted by atomic mass is 10.0. The van der Waals surface area contributed by atoms with Crippen LogP contribution in [0.15, 0.2) is 58.3 Å². The smallest absolute Gasteiger partial charge is 0.269 e. The van der Waals surface area contributed by atoms with Crippen molar-refractivity contribution in [2.75, 3.05) is 26.2 Å². The van der Waals surface area contributed by atoms with E-state index in [1.807, 2.05) is 6.92 Å². The second-order valence-electron chi connectivity index (χ2n) is 7.84. The summed E-state index contributed by atoms with van der Waals surface area (Å²) in [5.41, 5.74) is -0.343. The molecule has 0 bridgehead atoms. The van der Waals surface area contributed by atoms with Crippen molar-refractivity contribution in [3.8, 4) is 0 Å². The molecule has 4 rings (SSSR count). The SMILES string of the molecule is Cc1ccc(S(=O)(=O)N2CCOC23CCN(S(=O)(=O)c2ccc([N+](=O)[O-])cc2)CC3)cc1. The molecule has 0 aromatic heterocycles. The molecule has 1 spiro atoms. The van der Waals surface area contributed by atoms with Crippen molar-refractivity contribution in [2.45, 2.75) is 35.3 Å². The summed E-state index contributed by atoms with van der Waals surface area (Å²) >= 11 is 0. The molecular weight excluding hydrogens is 458 g/mol. The van der Waals surface area contributed by atoms with Gasteiger partial charge in [-0.1, -0.05) is 17.7 Å². The van der Waals surface area contributed by atoms with Gasteiger partial charge in [-0.05, 0) is 31.2 Å². The Bertz CT molecular complexity index is 1220. The average molecular weight is 482 g/mol. The predicted molar refractivity (Wildman–Crippen MR) is 115 cm³/mol. The van der Waals surface area contributed by atoms with Crippen molar-refractivity contribution >= 4 is 25.7 Å². The number of non-ortho nitro benzene ring substituents is 1. The lowest BCUT2D eigenvalue weighted by Crippen LogP contribution is -2.55. The van der Waals surface area contributed by atoms with Crippen LogP contribution in [0.1, 0.15) is 18.4 Å². The van der Waals surface area contributed by atoms with Crippen molar-refractivity contribution in [1.82, 2.24) is 8.61 Å². The molecule has 0 amide bonds. The zero-order chi connectivity index (χ0) is 23.1. The topological polar surface area (TPSA) is 127 Å². The molecule has 0 aliphatic carbocycles. The number of sulfonamides is 2. The molecule has 2 aliphatic heterocycles. The molecule has 2 saturated heterocycles. The zero-order valence-corrected chi connectivity index (χ0v) is 19.0. The first-order valence-electron chi connectivity index (χ1n) is 10.0. The van der Waals surface area contributed by atoms with E-state index in [9.17, 15) is 26.9 Å². The first kappa shape index (κ1) is 22.8. The lowest BCUT2D eigenvalue weighted by Gasteiger charge is -2.42. The summed E-state index contributed by atoms with van der Waals surface area (Å²) < 4.78 is 61.0. The highest BCUT2D eigenvalue weighted by atomic mass is 32.2. The van der Waals surface area contributed by atoms with E-state index in [0.29, 0.717) is 0 Å². The van der Waals surface area contributed by atoms with Gasteiger partial charge in [0.05, 0.1) is 21.3 Å². The molecule has 0 radical (unpaired) electrons. The summed E-state index contributed by atoms with van der Waals surface area (Å²) in [6.07, 6.45) is 0.370. The number of piperidine rings is 1. The van der Waals surface area contributed by atoms with E-state index in [1.54, 1.807) is 24.3 Å². The van der Waals surface area contributed by atoms with Crippen molar-refractivity contribution in [3.63, 3.8) is 0 Å². The number of nitro groups is 1. The minimum Gasteiger partial charge on any atom is -0.358 e. The van der Waals surface area contributed by atoms with Crippen LogP contribution in [-0.4, -0.2) is 62.3 Å². The Labute approximate surface area is 186 Å². The van der Waals surface area contributed by atoms with E-state index < -0.39 is 30.7 Å². The maximum absolute atomic E-state index is 13.3. The molecule has 32 heavy (non-hydrogen) atoms. The number of aryl methyl sites for hydroxylation is 1. The normalized spacial score (nSPS) is 19.9. The first-order valence-corrected chi connectivity index (χ1v) is 12.9. The van der Waals surface area contributed by atoms with Crippen LogP contribution in [0.5, 0.6) is 0 Å². The van der Waals surface area contributed by atoms with Crippen LogP contribution in [-0.2, 0) is 24.8 Å². The fraction of sp³-hybridized carbons (Fsp3) is 0.400. The fourth-order valence-electron chi connectivity index (χ4n) is 4.13.